The first-order valence-corrected chi connectivity index (χ1v) is 8.94. The lowest BCUT2D eigenvalue weighted by Gasteiger charge is -2.12. The van der Waals surface area contributed by atoms with Crippen molar-refractivity contribution in [1.82, 2.24) is 9.97 Å². The van der Waals surface area contributed by atoms with Gasteiger partial charge in [0.1, 0.15) is 23.0 Å². The van der Waals surface area contributed by atoms with Crippen molar-refractivity contribution in [3.8, 4) is 11.5 Å². The summed E-state index contributed by atoms with van der Waals surface area (Å²) >= 11 is 0. The number of aromatic nitrogens is 2. The molecule has 150 valence electrons. The van der Waals surface area contributed by atoms with Gasteiger partial charge in [-0.25, -0.2) is 14.4 Å². The average Bonchev–Trinajstić information content (AvgIpc) is 2.75. The number of methoxy groups -OCH3 is 2. The molecule has 0 unspecified atom stereocenters. The number of amides is 1. The highest BCUT2D eigenvalue weighted by molar-refractivity contribution is 6.03. The van der Waals surface area contributed by atoms with Crippen LogP contribution in [0.2, 0.25) is 0 Å². The normalized spacial score (nSPS) is 10.3. The summed E-state index contributed by atoms with van der Waals surface area (Å²) in [4.78, 5) is 20.9. The number of anilines is 2. The Bertz CT molecular complexity index is 997. The minimum absolute atomic E-state index is 0.179. The van der Waals surface area contributed by atoms with Gasteiger partial charge in [-0.15, -0.1) is 0 Å². The number of carbonyl (C=O) groups excluding carboxylic acids is 1. The molecule has 7 nitrogen and oxygen atoms in total. The van der Waals surface area contributed by atoms with Gasteiger partial charge in [-0.05, 0) is 36.2 Å². The maximum absolute atomic E-state index is 13.7. The van der Waals surface area contributed by atoms with Gasteiger partial charge in [-0.2, -0.15) is 0 Å². The molecule has 3 aromatic rings. The van der Waals surface area contributed by atoms with Crippen LogP contribution >= 0.6 is 0 Å². The molecule has 1 aromatic heterocycles. The van der Waals surface area contributed by atoms with E-state index in [1.807, 2.05) is 0 Å². The van der Waals surface area contributed by atoms with E-state index in [1.54, 1.807) is 36.4 Å². The lowest BCUT2D eigenvalue weighted by molar-refractivity contribution is 0.102. The molecule has 0 aliphatic rings. The number of hydrogen-bond acceptors (Lipinski definition) is 6. The molecule has 8 heteroatoms. The Labute approximate surface area is 167 Å². The summed E-state index contributed by atoms with van der Waals surface area (Å²) < 4.78 is 24.1. The summed E-state index contributed by atoms with van der Waals surface area (Å²) in [6.07, 6.45) is 1.95. The molecule has 0 aliphatic carbocycles. The number of hydrogen-bond donors (Lipinski definition) is 2. The smallest absolute Gasteiger partial charge is 0.274 e. The van der Waals surface area contributed by atoms with Gasteiger partial charge in [0.2, 0.25) is 5.95 Å². The monoisotopic (exact) mass is 396 g/mol. The van der Waals surface area contributed by atoms with E-state index < -0.39 is 5.91 Å². The van der Waals surface area contributed by atoms with E-state index in [0.717, 1.165) is 0 Å². The van der Waals surface area contributed by atoms with E-state index in [0.29, 0.717) is 35.7 Å². The van der Waals surface area contributed by atoms with Crippen LogP contribution in [-0.4, -0.2) is 36.6 Å². The second kappa shape index (κ2) is 9.50. The van der Waals surface area contributed by atoms with Gasteiger partial charge in [0, 0.05) is 18.8 Å². The topological polar surface area (TPSA) is 85.4 Å². The highest BCUT2D eigenvalue weighted by Gasteiger charge is 2.13. The van der Waals surface area contributed by atoms with Crippen molar-refractivity contribution >= 4 is 17.5 Å². The molecule has 0 aliphatic heterocycles. The Kier molecular flexibility index (Phi) is 6.57. The van der Waals surface area contributed by atoms with Crippen LogP contribution in [0, 0.1) is 5.82 Å². The number of halogens is 1. The maximum atomic E-state index is 13.7. The molecule has 0 radical (unpaired) electrons. The highest BCUT2D eigenvalue weighted by Crippen LogP contribution is 2.29. The molecule has 1 heterocycles. The lowest BCUT2D eigenvalue weighted by Crippen LogP contribution is -2.16. The fourth-order valence-electron chi connectivity index (χ4n) is 2.68. The van der Waals surface area contributed by atoms with E-state index in [-0.39, 0.29) is 17.5 Å². The Balaban J connectivity index is 1.66. The standard InChI is InChI=1S/C21H21FN4O3/c1-28-15-7-8-19(29-2)18(13-15)25-20(27)17-10-12-24-21(26-17)23-11-9-14-5-3-4-6-16(14)22/h3-8,10,12-13H,9,11H2,1-2H3,(H,25,27)(H,23,24,26). The molecule has 0 fully saturated rings. The summed E-state index contributed by atoms with van der Waals surface area (Å²) in [5.41, 5.74) is 1.24. The molecular weight excluding hydrogens is 375 g/mol. The summed E-state index contributed by atoms with van der Waals surface area (Å²) in [6.45, 7) is 0.426. The minimum atomic E-state index is -0.420. The second-order valence-corrected chi connectivity index (χ2v) is 6.05. The third kappa shape index (κ3) is 5.19. The Morgan fingerprint density at radius 3 is 2.69 bits per heavy atom. The summed E-state index contributed by atoms with van der Waals surface area (Å²) in [7, 11) is 3.05. The van der Waals surface area contributed by atoms with Gasteiger partial charge >= 0.3 is 0 Å². The van der Waals surface area contributed by atoms with E-state index in [2.05, 4.69) is 20.6 Å². The van der Waals surface area contributed by atoms with Crippen LogP contribution in [0.1, 0.15) is 16.1 Å². The molecule has 3 rings (SSSR count). The van der Waals surface area contributed by atoms with Gasteiger partial charge in [0.15, 0.2) is 0 Å². The molecule has 0 spiro atoms. The van der Waals surface area contributed by atoms with Crippen LogP contribution in [0.25, 0.3) is 0 Å². The first-order chi connectivity index (χ1) is 14.1. The van der Waals surface area contributed by atoms with Gasteiger partial charge in [0.25, 0.3) is 5.91 Å². The molecule has 2 aromatic carbocycles. The first-order valence-electron chi connectivity index (χ1n) is 8.94. The molecular formula is C21H21FN4O3. The largest absolute Gasteiger partial charge is 0.497 e. The summed E-state index contributed by atoms with van der Waals surface area (Å²) in [6, 6.07) is 13.2. The zero-order valence-electron chi connectivity index (χ0n) is 16.1. The van der Waals surface area contributed by atoms with E-state index in [4.69, 9.17) is 9.47 Å². The van der Waals surface area contributed by atoms with Crippen molar-refractivity contribution in [3.63, 3.8) is 0 Å². The number of nitrogens with zero attached hydrogens (tertiary/aromatic N) is 2. The Morgan fingerprint density at radius 2 is 1.93 bits per heavy atom. The van der Waals surface area contributed by atoms with Gasteiger partial charge in [-0.3, -0.25) is 4.79 Å². The SMILES string of the molecule is COc1ccc(OC)c(NC(=O)c2ccnc(NCCc3ccccc3F)n2)c1. The van der Waals surface area contributed by atoms with Crippen LogP contribution < -0.4 is 20.1 Å². The van der Waals surface area contributed by atoms with Crippen molar-refractivity contribution in [2.75, 3.05) is 31.4 Å². The molecule has 29 heavy (non-hydrogen) atoms. The predicted molar refractivity (Wildman–Crippen MR) is 108 cm³/mol. The lowest BCUT2D eigenvalue weighted by atomic mass is 10.1. The fraction of sp³-hybridized carbons (Fsp3) is 0.190. The van der Waals surface area contributed by atoms with Crippen molar-refractivity contribution in [1.29, 1.82) is 0 Å². The van der Waals surface area contributed by atoms with Crippen molar-refractivity contribution < 1.29 is 18.7 Å². The van der Waals surface area contributed by atoms with Crippen LogP contribution in [0.3, 0.4) is 0 Å². The molecule has 0 saturated heterocycles. The predicted octanol–water partition coefficient (Wildman–Crippen LogP) is 3.54. The van der Waals surface area contributed by atoms with Crippen molar-refractivity contribution in [2.24, 2.45) is 0 Å². The molecule has 0 saturated carbocycles. The molecule has 0 bridgehead atoms. The Hall–Kier alpha value is -3.68. The fourth-order valence-corrected chi connectivity index (χ4v) is 2.68. The third-order valence-electron chi connectivity index (χ3n) is 4.18. The third-order valence-corrected chi connectivity index (χ3v) is 4.18. The zero-order chi connectivity index (χ0) is 20.6. The van der Waals surface area contributed by atoms with Crippen molar-refractivity contribution in [2.45, 2.75) is 6.42 Å². The van der Waals surface area contributed by atoms with Gasteiger partial charge in [-0.1, -0.05) is 18.2 Å². The number of rotatable bonds is 8. The van der Waals surface area contributed by atoms with Crippen LogP contribution in [-0.2, 0) is 6.42 Å². The Morgan fingerprint density at radius 1 is 1.10 bits per heavy atom. The van der Waals surface area contributed by atoms with Crippen LogP contribution in [0.4, 0.5) is 16.0 Å². The van der Waals surface area contributed by atoms with Crippen LogP contribution in [0.15, 0.2) is 54.7 Å². The summed E-state index contributed by atoms with van der Waals surface area (Å²) in [5, 5.41) is 5.76. The number of benzene rings is 2. The number of nitrogens with one attached hydrogen (secondary N) is 2. The minimum Gasteiger partial charge on any atom is -0.497 e. The average molecular weight is 396 g/mol. The molecule has 0 atom stereocenters. The van der Waals surface area contributed by atoms with Crippen molar-refractivity contribution in [3.05, 3.63) is 71.8 Å². The number of carbonyl (C=O) groups is 1. The quantitative estimate of drug-likeness (QED) is 0.606. The second-order valence-electron chi connectivity index (χ2n) is 6.05. The van der Waals surface area contributed by atoms with E-state index in [1.165, 1.54) is 32.5 Å². The van der Waals surface area contributed by atoms with Gasteiger partial charge < -0.3 is 20.1 Å². The number of ether oxygens (including phenoxy) is 2. The molecule has 2 N–H and O–H groups in total. The maximum Gasteiger partial charge on any atom is 0.274 e. The summed E-state index contributed by atoms with van der Waals surface area (Å²) in [5.74, 6) is 0.689. The first kappa shape index (κ1) is 20.1. The zero-order valence-corrected chi connectivity index (χ0v) is 16.1. The molecule has 1 amide bonds. The van der Waals surface area contributed by atoms with Gasteiger partial charge in [0.05, 0.1) is 19.9 Å². The van der Waals surface area contributed by atoms with Crippen LogP contribution in [0.5, 0.6) is 11.5 Å². The van der Waals surface area contributed by atoms with E-state index >= 15 is 0 Å². The van der Waals surface area contributed by atoms with E-state index in [9.17, 15) is 9.18 Å². The highest BCUT2D eigenvalue weighted by atomic mass is 19.1.